The number of aromatic nitrogens is 2. The molecule has 2 aromatic rings. The number of likely N-dealkylation sites (tertiary alicyclic amines) is 1. The molecule has 18 heavy (non-hydrogen) atoms. The maximum atomic E-state index is 13.5. The van der Waals surface area contributed by atoms with Crippen LogP contribution in [0.5, 0.6) is 0 Å². The number of hydrogen-bond donors (Lipinski definition) is 2. The Morgan fingerprint density at radius 3 is 3.11 bits per heavy atom. The van der Waals surface area contributed by atoms with E-state index in [-0.39, 0.29) is 12.4 Å². The summed E-state index contributed by atoms with van der Waals surface area (Å²) in [5.41, 5.74) is 1.15. The van der Waals surface area contributed by atoms with Gasteiger partial charge in [-0.2, -0.15) is 0 Å². The number of imidazole rings is 1. The largest absolute Gasteiger partial charge is 0.396 e. The summed E-state index contributed by atoms with van der Waals surface area (Å²) in [4.78, 5) is 9.67. The van der Waals surface area contributed by atoms with Crippen molar-refractivity contribution in [3.05, 3.63) is 29.8 Å². The van der Waals surface area contributed by atoms with E-state index in [1.54, 1.807) is 6.07 Å². The maximum absolute atomic E-state index is 13.5. The van der Waals surface area contributed by atoms with E-state index < -0.39 is 0 Å². The van der Waals surface area contributed by atoms with Crippen LogP contribution in [0.4, 0.5) is 4.39 Å². The lowest BCUT2D eigenvalue weighted by atomic mass is 10.1. The summed E-state index contributed by atoms with van der Waals surface area (Å²) in [7, 11) is 0. The SMILES string of the molecule is OCC1CCN(Cc2nc3c(F)cccc3[nH]2)C1. The summed E-state index contributed by atoms with van der Waals surface area (Å²) < 4.78 is 13.5. The minimum absolute atomic E-state index is 0.241. The van der Waals surface area contributed by atoms with E-state index in [2.05, 4.69) is 14.9 Å². The molecule has 3 rings (SSSR count). The zero-order chi connectivity index (χ0) is 12.5. The molecule has 5 heteroatoms. The van der Waals surface area contributed by atoms with Crippen molar-refractivity contribution in [1.29, 1.82) is 0 Å². The van der Waals surface area contributed by atoms with Gasteiger partial charge < -0.3 is 10.1 Å². The first-order valence-electron chi connectivity index (χ1n) is 6.22. The second kappa shape index (κ2) is 4.66. The van der Waals surface area contributed by atoms with Crippen LogP contribution in [0.1, 0.15) is 12.2 Å². The van der Waals surface area contributed by atoms with Crippen LogP contribution in [0, 0.1) is 11.7 Å². The van der Waals surface area contributed by atoms with Crippen LogP contribution in [0.2, 0.25) is 0 Å². The molecule has 1 saturated heterocycles. The monoisotopic (exact) mass is 249 g/mol. The molecule has 1 aliphatic heterocycles. The van der Waals surface area contributed by atoms with Crippen molar-refractivity contribution in [2.75, 3.05) is 19.7 Å². The highest BCUT2D eigenvalue weighted by Crippen LogP contribution is 2.19. The van der Waals surface area contributed by atoms with Gasteiger partial charge in [-0.05, 0) is 31.0 Å². The van der Waals surface area contributed by atoms with Crippen molar-refractivity contribution in [2.45, 2.75) is 13.0 Å². The summed E-state index contributed by atoms with van der Waals surface area (Å²) in [5, 5.41) is 9.10. The van der Waals surface area contributed by atoms with E-state index >= 15 is 0 Å². The van der Waals surface area contributed by atoms with Gasteiger partial charge in [0.1, 0.15) is 11.3 Å². The molecule has 0 amide bonds. The second-order valence-corrected chi connectivity index (χ2v) is 4.89. The van der Waals surface area contributed by atoms with Gasteiger partial charge in [-0.15, -0.1) is 0 Å². The zero-order valence-electron chi connectivity index (χ0n) is 10.1. The van der Waals surface area contributed by atoms with E-state index in [1.807, 2.05) is 6.07 Å². The van der Waals surface area contributed by atoms with Crippen LogP contribution < -0.4 is 0 Å². The third-order valence-corrected chi connectivity index (χ3v) is 3.51. The van der Waals surface area contributed by atoms with Gasteiger partial charge in [0.25, 0.3) is 0 Å². The topological polar surface area (TPSA) is 52.1 Å². The quantitative estimate of drug-likeness (QED) is 0.867. The lowest BCUT2D eigenvalue weighted by molar-refractivity contribution is 0.219. The minimum atomic E-state index is -0.287. The van der Waals surface area contributed by atoms with Crippen LogP contribution >= 0.6 is 0 Å². The first kappa shape index (κ1) is 11.6. The van der Waals surface area contributed by atoms with Crippen LogP contribution in [-0.2, 0) is 6.54 Å². The Morgan fingerprint density at radius 1 is 1.50 bits per heavy atom. The molecular weight excluding hydrogens is 233 g/mol. The molecule has 1 aromatic carbocycles. The molecule has 1 atom stereocenters. The molecule has 96 valence electrons. The molecule has 4 nitrogen and oxygen atoms in total. The molecule has 0 radical (unpaired) electrons. The fraction of sp³-hybridized carbons (Fsp3) is 0.462. The van der Waals surface area contributed by atoms with E-state index in [1.165, 1.54) is 6.07 Å². The Hall–Kier alpha value is -1.46. The van der Waals surface area contributed by atoms with Gasteiger partial charge in [0.2, 0.25) is 0 Å². The third kappa shape index (κ3) is 2.11. The Morgan fingerprint density at radius 2 is 2.39 bits per heavy atom. The summed E-state index contributed by atoms with van der Waals surface area (Å²) in [6.45, 7) is 2.77. The average molecular weight is 249 g/mol. The van der Waals surface area contributed by atoms with E-state index in [0.29, 0.717) is 18.0 Å². The Balaban J connectivity index is 1.77. The molecule has 0 saturated carbocycles. The predicted octanol–water partition coefficient (Wildman–Crippen LogP) is 1.52. The molecule has 1 aliphatic rings. The van der Waals surface area contributed by atoms with Crippen molar-refractivity contribution >= 4 is 11.0 Å². The Bertz CT molecular complexity index is 554. The molecule has 2 heterocycles. The van der Waals surface area contributed by atoms with Crippen molar-refractivity contribution in [3.63, 3.8) is 0 Å². The average Bonchev–Trinajstić information content (AvgIpc) is 2.96. The third-order valence-electron chi connectivity index (χ3n) is 3.51. The van der Waals surface area contributed by atoms with Gasteiger partial charge in [-0.25, -0.2) is 9.37 Å². The van der Waals surface area contributed by atoms with Gasteiger partial charge in [0.15, 0.2) is 5.82 Å². The highest BCUT2D eigenvalue weighted by molar-refractivity contribution is 5.75. The van der Waals surface area contributed by atoms with Crippen LogP contribution in [-0.4, -0.2) is 39.7 Å². The van der Waals surface area contributed by atoms with Crippen molar-refractivity contribution in [1.82, 2.24) is 14.9 Å². The predicted molar refractivity (Wildman–Crippen MR) is 66.5 cm³/mol. The van der Waals surface area contributed by atoms with Crippen LogP contribution in [0.15, 0.2) is 18.2 Å². The van der Waals surface area contributed by atoms with Gasteiger partial charge >= 0.3 is 0 Å². The highest BCUT2D eigenvalue weighted by atomic mass is 19.1. The first-order chi connectivity index (χ1) is 8.76. The molecule has 0 aliphatic carbocycles. The summed E-state index contributed by atoms with van der Waals surface area (Å²) in [5.74, 6) is 0.865. The van der Waals surface area contributed by atoms with E-state index in [9.17, 15) is 4.39 Å². The Kier molecular flexibility index (Phi) is 3.01. The van der Waals surface area contributed by atoms with Crippen molar-refractivity contribution in [3.8, 4) is 0 Å². The number of fused-ring (bicyclic) bond motifs is 1. The first-order valence-corrected chi connectivity index (χ1v) is 6.22. The second-order valence-electron chi connectivity index (χ2n) is 4.89. The Labute approximate surface area is 104 Å². The van der Waals surface area contributed by atoms with Crippen molar-refractivity contribution < 1.29 is 9.50 Å². The number of aromatic amines is 1. The molecule has 1 aromatic heterocycles. The molecular formula is C13H16FN3O. The maximum Gasteiger partial charge on any atom is 0.151 e. The fourth-order valence-corrected chi connectivity index (χ4v) is 2.54. The number of nitrogens with one attached hydrogen (secondary N) is 1. The number of nitrogens with zero attached hydrogens (tertiary/aromatic N) is 2. The molecule has 0 spiro atoms. The van der Waals surface area contributed by atoms with E-state index in [0.717, 1.165) is 30.9 Å². The normalized spacial score (nSPS) is 20.9. The van der Waals surface area contributed by atoms with Crippen molar-refractivity contribution in [2.24, 2.45) is 5.92 Å². The number of halogens is 1. The standard InChI is InChI=1S/C13H16FN3O/c14-10-2-1-3-11-13(10)16-12(15-11)7-17-5-4-9(6-17)8-18/h1-3,9,18H,4-8H2,(H,15,16). The lowest BCUT2D eigenvalue weighted by Crippen LogP contribution is -2.21. The fourth-order valence-electron chi connectivity index (χ4n) is 2.54. The van der Waals surface area contributed by atoms with Crippen LogP contribution in [0.25, 0.3) is 11.0 Å². The van der Waals surface area contributed by atoms with Gasteiger partial charge in [0.05, 0.1) is 12.1 Å². The summed E-state index contributed by atoms with van der Waals surface area (Å²) in [6.07, 6.45) is 1.02. The van der Waals surface area contributed by atoms with E-state index in [4.69, 9.17) is 5.11 Å². The molecule has 1 fully saturated rings. The summed E-state index contributed by atoms with van der Waals surface area (Å²) >= 11 is 0. The lowest BCUT2D eigenvalue weighted by Gasteiger charge is -2.13. The zero-order valence-corrected chi connectivity index (χ0v) is 10.1. The number of H-pyrrole nitrogens is 1. The van der Waals surface area contributed by atoms with Gasteiger partial charge in [0, 0.05) is 13.2 Å². The van der Waals surface area contributed by atoms with Crippen LogP contribution in [0.3, 0.4) is 0 Å². The molecule has 0 bridgehead atoms. The summed E-state index contributed by atoms with van der Waals surface area (Å²) in [6, 6.07) is 4.93. The number of para-hydroxylation sites is 1. The number of rotatable bonds is 3. The highest BCUT2D eigenvalue weighted by Gasteiger charge is 2.22. The number of hydrogen-bond acceptors (Lipinski definition) is 3. The number of aliphatic hydroxyl groups excluding tert-OH is 1. The number of benzene rings is 1. The number of aliphatic hydroxyl groups is 1. The minimum Gasteiger partial charge on any atom is -0.396 e. The smallest absolute Gasteiger partial charge is 0.151 e. The van der Waals surface area contributed by atoms with Gasteiger partial charge in [-0.1, -0.05) is 6.07 Å². The van der Waals surface area contributed by atoms with Gasteiger partial charge in [-0.3, -0.25) is 4.90 Å². The molecule has 1 unspecified atom stereocenters. The molecule has 2 N–H and O–H groups in total.